The van der Waals surface area contributed by atoms with E-state index in [9.17, 15) is 0 Å². The lowest BCUT2D eigenvalue weighted by atomic mass is 9.61. The zero-order chi connectivity index (χ0) is 36.9. The summed E-state index contributed by atoms with van der Waals surface area (Å²) in [6, 6.07) is 0. The number of unbranched alkanes of at least 4 members (excludes halogenated alkanes) is 18. The molecule has 0 heterocycles. The van der Waals surface area contributed by atoms with Crippen LogP contribution in [0.5, 0.6) is 0 Å². The van der Waals surface area contributed by atoms with Crippen LogP contribution in [0.25, 0.3) is 0 Å². The van der Waals surface area contributed by atoms with Gasteiger partial charge in [0.1, 0.15) is 0 Å². The molecule has 4 unspecified atom stereocenters. The van der Waals surface area contributed by atoms with Crippen LogP contribution < -0.4 is 11.0 Å². The highest BCUT2D eigenvalue weighted by Crippen LogP contribution is 2.47. The Morgan fingerprint density at radius 2 is 0.604 bits per heavy atom. The van der Waals surface area contributed by atoms with E-state index in [1.807, 2.05) is 55.4 Å². The van der Waals surface area contributed by atoms with E-state index in [1.165, 1.54) is 167 Å². The van der Waals surface area contributed by atoms with E-state index >= 15 is 0 Å². The van der Waals surface area contributed by atoms with E-state index < -0.39 is 0 Å². The highest BCUT2D eigenvalue weighted by molar-refractivity contribution is 4.88. The molecule has 0 aromatic heterocycles. The molecule has 1 aliphatic carbocycles. The smallest absolute Gasteiger partial charge is 0.0207 e. The number of hydrogen-bond donors (Lipinski definition) is 4. The first-order valence-electron chi connectivity index (χ1n) is 22.5. The summed E-state index contributed by atoms with van der Waals surface area (Å²) in [6.45, 7) is 22.2. The fourth-order valence-electron chi connectivity index (χ4n) is 7.77. The monoisotopic (exact) mass is 687 g/mol. The molecule has 4 heteroatoms. The predicted octanol–water partition coefficient (Wildman–Crippen LogP) is 15.5. The van der Waals surface area contributed by atoms with Crippen molar-refractivity contribution in [1.29, 1.82) is 0 Å². The molecule has 4 nitrogen and oxygen atoms in total. The first kappa shape index (κ1) is 54.6. The van der Waals surface area contributed by atoms with Gasteiger partial charge in [0.2, 0.25) is 0 Å². The molecule has 0 aromatic rings. The third-order valence-corrected chi connectivity index (χ3v) is 10.2. The second-order valence-electron chi connectivity index (χ2n) is 13.5. The molecule has 0 radical (unpaired) electrons. The van der Waals surface area contributed by atoms with Crippen molar-refractivity contribution in [2.75, 3.05) is 13.1 Å². The van der Waals surface area contributed by atoms with E-state index in [-0.39, 0.29) is 0 Å². The molecule has 1 aliphatic rings. The lowest BCUT2D eigenvalue weighted by Crippen LogP contribution is -2.35. The highest BCUT2D eigenvalue weighted by atomic mass is 16.5. The molecule has 0 aromatic carbocycles. The standard InChI is InChI=1S/C36H74N2O2.4C2H6/c1-3-5-7-14-21-27-35-33(25-19-6-4-2)29-30-34(26-20-15-10-8-12-17-23-31-37-39)36(35)28-22-16-11-9-13-18-24-32-38-40;4*1-2/h33-40H,3-32H2,1-2H3;4*1-2H3. The van der Waals surface area contributed by atoms with Gasteiger partial charge in [-0.1, -0.05) is 210 Å². The van der Waals surface area contributed by atoms with Crippen LogP contribution >= 0.6 is 0 Å². The summed E-state index contributed by atoms with van der Waals surface area (Å²) >= 11 is 0. The summed E-state index contributed by atoms with van der Waals surface area (Å²) in [5.41, 5.74) is 4.58. The van der Waals surface area contributed by atoms with Crippen molar-refractivity contribution in [2.45, 2.75) is 249 Å². The van der Waals surface area contributed by atoms with Crippen LogP contribution in [-0.4, -0.2) is 23.5 Å². The van der Waals surface area contributed by atoms with E-state index in [4.69, 9.17) is 10.4 Å². The van der Waals surface area contributed by atoms with Gasteiger partial charge in [-0.15, -0.1) is 0 Å². The average Bonchev–Trinajstić information content (AvgIpc) is 3.14. The Hall–Kier alpha value is -0.160. The third-order valence-electron chi connectivity index (χ3n) is 10.2. The van der Waals surface area contributed by atoms with Gasteiger partial charge in [-0.25, -0.2) is 11.0 Å². The van der Waals surface area contributed by atoms with Crippen LogP contribution in [-0.2, 0) is 0 Å². The molecule has 1 rings (SSSR count). The molecule has 4 N–H and O–H groups in total. The van der Waals surface area contributed by atoms with Gasteiger partial charge < -0.3 is 10.4 Å². The molecule has 0 saturated heterocycles. The zero-order valence-electron chi connectivity index (χ0n) is 35.4. The first-order valence-corrected chi connectivity index (χ1v) is 22.5. The van der Waals surface area contributed by atoms with Gasteiger partial charge in [0.15, 0.2) is 0 Å². The van der Waals surface area contributed by atoms with Gasteiger partial charge in [-0.3, -0.25) is 0 Å². The number of rotatable bonds is 30. The van der Waals surface area contributed by atoms with Crippen molar-refractivity contribution >= 4 is 0 Å². The molecule has 1 fully saturated rings. The number of nitrogens with one attached hydrogen (secondary N) is 2. The van der Waals surface area contributed by atoms with Crippen molar-refractivity contribution in [3.8, 4) is 0 Å². The predicted molar refractivity (Wildman–Crippen MR) is 220 cm³/mol. The van der Waals surface area contributed by atoms with E-state index in [0.29, 0.717) is 0 Å². The summed E-state index contributed by atoms with van der Waals surface area (Å²) in [4.78, 5) is 0. The summed E-state index contributed by atoms with van der Waals surface area (Å²) in [6.07, 6.45) is 39.1. The van der Waals surface area contributed by atoms with Gasteiger partial charge in [0.25, 0.3) is 0 Å². The van der Waals surface area contributed by atoms with Crippen LogP contribution in [0.1, 0.15) is 249 Å². The van der Waals surface area contributed by atoms with Crippen molar-refractivity contribution < 1.29 is 10.4 Å². The Morgan fingerprint density at radius 3 is 0.938 bits per heavy atom. The molecule has 0 spiro atoms. The zero-order valence-corrected chi connectivity index (χ0v) is 35.4. The minimum Gasteiger partial charge on any atom is -0.317 e. The molecule has 0 bridgehead atoms. The third kappa shape index (κ3) is 35.7. The fraction of sp³-hybridized carbons (Fsp3) is 1.00. The normalized spacial score (nSPS) is 18.2. The minimum atomic E-state index is 0.741. The number of hydroxylamine groups is 2. The molecular weight excluding hydrogens is 588 g/mol. The van der Waals surface area contributed by atoms with Gasteiger partial charge in [-0.2, -0.15) is 0 Å². The molecule has 0 amide bonds. The fourth-order valence-corrected chi connectivity index (χ4v) is 7.77. The van der Waals surface area contributed by atoms with E-state index in [1.54, 1.807) is 0 Å². The van der Waals surface area contributed by atoms with Crippen LogP contribution in [0.15, 0.2) is 0 Å². The van der Waals surface area contributed by atoms with Crippen LogP contribution in [0.2, 0.25) is 0 Å². The lowest BCUT2D eigenvalue weighted by Gasteiger charge is -2.44. The molecule has 296 valence electrons. The SMILES string of the molecule is CC.CC.CC.CC.CCCCCCCC1C(CCCCC)CCC(CCCCCCCCCNO)C1CCCCCCCCCNO. The quantitative estimate of drug-likeness (QED) is 0.0448. The second kappa shape index (κ2) is 51.2. The lowest BCUT2D eigenvalue weighted by molar-refractivity contribution is 0.0581. The van der Waals surface area contributed by atoms with E-state index in [2.05, 4.69) is 24.8 Å². The Balaban J connectivity index is -0.00000112. The molecule has 4 atom stereocenters. The molecule has 1 saturated carbocycles. The number of hydrogen-bond acceptors (Lipinski definition) is 4. The van der Waals surface area contributed by atoms with Crippen LogP contribution in [0.3, 0.4) is 0 Å². The van der Waals surface area contributed by atoms with Crippen LogP contribution in [0.4, 0.5) is 0 Å². The largest absolute Gasteiger partial charge is 0.317 e. The van der Waals surface area contributed by atoms with Crippen LogP contribution in [0, 0.1) is 23.7 Å². The maximum atomic E-state index is 8.75. The first-order chi connectivity index (χ1) is 23.8. The Bertz CT molecular complexity index is 504. The summed E-state index contributed by atoms with van der Waals surface area (Å²) < 4.78 is 0. The molecule has 48 heavy (non-hydrogen) atoms. The topological polar surface area (TPSA) is 64.5 Å². The van der Waals surface area contributed by atoms with Gasteiger partial charge in [0, 0.05) is 13.1 Å². The van der Waals surface area contributed by atoms with Gasteiger partial charge in [-0.05, 0) is 62.2 Å². The second-order valence-corrected chi connectivity index (χ2v) is 13.5. The van der Waals surface area contributed by atoms with Crippen molar-refractivity contribution in [3.05, 3.63) is 0 Å². The maximum absolute atomic E-state index is 8.75. The maximum Gasteiger partial charge on any atom is 0.0207 e. The summed E-state index contributed by atoms with van der Waals surface area (Å²) in [7, 11) is 0. The highest BCUT2D eigenvalue weighted by Gasteiger charge is 2.37. The van der Waals surface area contributed by atoms with Gasteiger partial charge in [0.05, 0.1) is 0 Å². The van der Waals surface area contributed by atoms with Crippen molar-refractivity contribution in [1.82, 2.24) is 11.0 Å². The summed E-state index contributed by atoms with van der Waals surface area (Å²) in [5, 5.41) is 17.5. The minimum absolute atomic E-state index is 0.741. The molecular formula is C44H98N2O2. The summed E-state index contributed by atoms with van der Waals surface area (Å²) in [5.74, 6) is 3.99. The Labute approximate surface area is 306 Å². The average molecular weight is 687 g/mol. The van der Waals surface area contributed by atoms with Crippen molar-refractivity contribution in [3.63, 3.8) is 0 Å². The molecule has 0 aliphatic heterocycles. The Kier molecular flexibility index (Phi) is 58.3. The van der Waals surface area contributed by atoms with Gasteiger partial charge >= 0.3 is 0 Å². The van der Waals surface area contributed by atoms with Crippen molar-refractivity contribution in [2.24, 2.45) is 23.7 Å². The Morgan fingerprint density at radius 1 is 0.354 bits per heavy atom. The van der Waals surface area contributed by atoms with E-state index in [0.717, 1.165) is 49.6 Å².